The molecule has 13 heavy (non-hydrogen) atoms. The largest absolute Gasteiger partial charge is 0.508 e. The van der Waals surface area contributed by atoms with Gasteiger partial charge in [-0.1, -0.05) is 27.5 Å². The Kier molecular flexibility index (Phi) is 4.03. The van der Waals surface area contributed by atoms with Crippen LogP contribution in [-0.2, 0) is 6.42 Å². The molecule has 4 heteroatoms. The van der Waals surface area contributed by atoms with Crippen molar-refractivity contribution in [3.63, 3.8) is 0 Å². The second-order valence-electron chi connectivity index (χ2n) is 2.74. The number of hydrogen-bond donors (Lipinski definition) is 2. The molecule has 1 aromatic rings. The maximum absolute atomic E-state index is 9.56. The summed E-state index contributed by atoms with van der Waals surface area (Å²) in [7, 11) is 1.88. The topological polar surface area (TPSA) is 32.3 Å². The number of benzene rings is 1. The predicted molar refractivity (Wildman–Crippen MR) is 58.4 cm³/mol. The highest BCUT2D eigenvalue weighted by molar-refractivity contribution is 9.10. The van der Waals surface area contributed by atoms with E-state index in [1.165, 1.54) is 0 Å². The summed E-state index contributed by atoms with van der Waals surface area (Å²) in [6, 6.07) is 3.34. The summed E-state index contributed by atoms with van der Waals surface area (Å²) in [6.45, 7) is 0.827. The third-order valence-electron chi connectivity index (χ3n) is 1.76. The van der Waals surface area contributed by atoms with E-state index in [0.29, 0.717) is 5.02 Å². The Bertz CT molecular complexity index is 281. The Morgan fingerprint density at radius 3 is 2.77 bits per heavy atom. The van der Waals surface area contributed by atoms with Gasteiger partial charge in [0, 0.05) is 15.1 Å². The fraction of sp³-hybridized carbons (Fsp3) is 0.333. The van der Waals surface area contributed by atoms with Gasteiger partial charge >= 0.3 is 0 Å². The molecule has 0 aliphatic rings. The number of phenolic OH excluding ortho intramolecular Hbond substituents is 1. The van der Waals surface area contributed by atoms with E-state index in [2.05, 4.69) is 21.2 Å². The lowest BCUT2D eigenvalue weighted by molar-refractivity contribution is 0.467. The zero-order valence-corrected chi connectivity index (χ0v) is 9.61. The van der Waals surface area contributed by atoms with Crippen molar-refractivity contribution in [2.24, 2.45) is 0 Å². The summed E-state index contributed by atoms with van der Waals surface area (Å²) in [5.74, 6) is 0.245. The van der Waals surface area contributed by atoms with Crippen molar-refractivity contribution >= 4 is 27.5 Å². The molecule has 0 heterocycles. The number of phenols is 1. The van der Waals surface area contributed by atoms with E-state index in [-0.39, 0.29) is 5.75 Å². The first-order chi connectivity index (χ1) is 6.15. The SMILES string of the molecule is CNCCc1c(O)cc(Cl)cc1Br. The summed E-state index contributed by atoms with van der Waals surface area (Å²) in [5.41, 5.74) is 0.888. The van der Waals surface area contributed by atoms with Gasteiger partial charge in [0.25, 0.3) is 0 Å². The highest BCUT2D eigenvalue weighted by atomic mass is 79.9. The van der Waals surface area contributed by atoms with Crippen LogP contribution in [0.3, 0.4) is 0 Å². The molecular formula is C9H11BrClNO. The van der Waals surface area contributed by atoms with Crippen LogP contribution in [0, 0.1) is 0 Å². The van der Waals surface area contributed by atoms with Crippen molar-refractivity contribution in [3.05, 3.63) is 27.2 Å². The van der Waals surface area contributed by atoms with Gasteiger partial charge in [0.15, 0.2) is 0 Å². The van der Waals surface area contributed by atoms with Crippen molar-refractivity contribution in [2.45, 2.75) is 6.42 Å². The molecule has 2 N–H and O–H groups in total. The van der Waals surface area contributed by atoms with Crippen LogP contribution in [-0.4, -0.2) is 18.7 Å². The average molecular weight is 265 g/mol. The van der Waals surface area contributed by atoms with E-state index in [9.17, 15) is 5.11 Å². The van der Waals surface area contributed by atoms with Gasteiger partial charge in [-0.3, -0.25) is 0 Å². The van der Waals surface area contributed by atoms with Crippen LogP contribution < -0.4 is 5.32 Å². The molecule has 1 rings (SSSR count). The zero-order valence-electron chi connectivity index (χ0n) is 7.27. The van der Waals surface area contributed by atoms with E-state index in [1.54, 1.807) is 12.1 Å². The molecule has 0 radical (unpaired) electrons. The second kappa shape index (κ2) is 4.84. The van der Waals surface area contributed by atoms with Gasteiger partial charge in [0.2, 0.25) is 0 Å². The van der Waals surface area contributed by atoms with Crippen LogP contribution in [0.25, 0.3) is 0 Å². The highest BCUT2D eigenvalue weighted by Gasteiger charge is 2.06. The molecule has 0 aromatic heterocycles. The minimum Gasteiger partial charge on any atom is -0.508 e. The summed E-state index contributed by atoms with van der Waals surface area (Å²) in [4.78, 5) is 0. The van der Waals surface area contributed by atoms with Gasteiger partial charge in [0.05, 0.1) is 0 Å². The number of halogens is 2. The van der Waals surface area contributed by atoms with E-state index in [4.69, 9.17) is 11.6 Å². The number of aromatic hydroxyl groups is 1. The molecule has 0 atom stereocenters. The minimum atomic E-state index is 0.245. The molecule has 1 aromatic carbocycles. The maximum atomic E-state index is 9.56. The van der Waals surface area contributed by atoms with Gasteiger partial charge in [-0.05, 0) is 32.1 Å². The van der Waals surface area contributed by atoms with Crippen molar-refractivity contribution in [1.82, 2.24) is 5.32 Å². The second-order valence-corrected chi connectivity index (χ2v) is 4.03. The fourth-order valence-electron chi connectivity index (χ4n) is 1.09. The third-order valence-corrected chi connectivity index (χ3v) is 2.69. The van der Waals surface area contributed by atoms with Crippen LogP contribution in [0.5, 0.6) is 5.75 Å². The normalized spacial score (nSPS) is 10.4. The molecule has 0 amide bonds. The fourth-order valence-corrected chi connectivity index (χ4v) is 2.08. The first-order valence-electron chi connectivity index (χ1n) is 3.96. The molecular weight excluding hydrogens is 253 g/mol. The molecule has 2 nitrogen and oxygen atoms in total. The maximum Gasteiger partial charge on any atom is 0.121 e. The van der Waals surface area contributed by atoms with Gasteiger partial charge in [-0.25, -0.2) is 0 Å². The summed E-state index contributed by atoms with van der Waals surface area (Å²) >= 11 is 9.11. The van der Waals surface area contributed by atoms with Crippen LogP contribution in [0.1, 0.15) is 5.56 Å². The summed E-state index contributed by atoms with van der Waals surface area (Å²) in [6.07, 6.45) is 0.778. The molecule has 0 aliphatic heterocycles. The van der Waals surface area contributed by atoms with E-state index < -0.39 is 0 Å². The number of hydrogen-bond acceptors (Lipinski definition) is 2. The van der Waals surface area contributed by atoms with E-state index in [0.717, 1.165) is 23.0 Å². The van der Waals surface area contributed by atoms with Crippen LogP contribution in [0.15, 0.2) is 16.6 Å². The monoisotopic (exact) mass is 263 g/mol. The number of rotatable bonds is 3. The first-order valence-corrected chi connectivity index (χ1v) is 5.13. The Morgan fingerprint density at radius 1 is 1.54 bits per heavy atom. The lowest BCUT2D eigenvalue weighted by atomic mass is 10.1. The Morgan fingerprint density at radius 2 is 2.23 bits per heavy atom. The van der Waals surface area contributed by atoms with Gasteiger partial charge in [-0.2, -0.15) is 0 Å². The van der Waals surface area contributed by atoms with Crippen molar-refractivity contribution in [2.75, 3.05) is 13.6 Å². The van der Waals surface area contributed by atoms with Crippen LogP contribution >= 0.6 is 27.5 Å². The average Bonchev–Trinajstić information content (AvgIpc) is 2.02. The molecule has 0 saturated carbocycles. The van der Waals surface area contributed by atoms with Crippen molar-refractivity contribution in [3.8, 4) is 5.75 Å². The molecule has 0 bridgehead atoms. The summed E-state index contributed by atoms with van der Waals surface area (Å²) < 4.78 is 0.854. The zero-order chi connectivity index (χ0) is 9.84. The molecule has 72 valence electrons. The summed E-state index contributed by atoms with van der Waals surface area (Å²) in [5, 5.41) is 13.1. The van der Waals surface area contributed by atoms with Crippen LogP contribution in [0.4, 0.5) is 0 Å². The van der Waals surface area contributed by atoms with Crippen molar-refractivity contribution in [1.29, 1.82) is 0 Å². The Labute approximate surface area is 91.0 Å². The van der Waals surface area contributed by atoms with E-state index >= 15 is 0 Å². The Hall–Kier alpha value is -0.250. The standard InChI is InChI=1S/C9H11BrClNO/c1-12-3-2-7-8(10)4-6(11)5-9(7)13/h4-5,12-13H,2-3H2,1H3. The quantitative estimate of drug-likeness (QED) is 0.879. The lowest BCUT2D eigenvalue weighted by Gasteiger charge is -2.07. The first kappa shape index (κ1) is 10.8. The highest BCUT2D eigenvalue weighted by Crippen LogP contribution is 2.30. The molecule has 0 saturated heterocycles. The predicted octanol–water partition coefficient (Wildman–Crippen LogP) is 2.57. The molecule has 0 spiro atoms. The van der Waals surface area contributed by atoms with Gasteiger partial charge in [0.1, 0.15) is 5.75 Å². The van der Waals surface area contributed by atoms with Crippen LogP contribution in [0.2, 0.25) is 5.02 Å². The van der Waals surface area contributed by atoms with Gasteiger partial charge < -0.3 is 10.4 Å². The molecule has 0 unspecified atom stereocenters. The Balaban J connectivity index is 2.92. The minimum absolute atomic E-state index is 0.245. The number of likely N-dealkylation sites (N-methyl/N-ethyl adjacent to an activating group) is 1. The molecule has 0 fully saturated rings. The third kappa shape index (κ3) is 2.86. The lowest BCUT2D eigenvalue weighted by Crippen LogP contribution is -2.10. The van der Waals surface area contributed by atoms with Crippen molar-refractivity contribution < 1.29 is 5.11 Å². The van der Waals surface area contributed by atoms with Gasteiger partial charge in [-0.15, -0.1) is 0 Å². The molecule has 0 aliphatic carbocycles. The number of nitrogens with one attached hydrogen (secondary N) is 1. The van der Waals surface area contributed by atoms with E-state index in [1.807, 2.05) is 7.05 Å². The smallest absolute Gasteiger partial charge is 0.121 e.